The van der Waals surface area contributed by atoms with Crippen molar-refractivity contribution in [3.8, 4) is 0 Å². The van der Waals surface area contributed by atoms with Crippen molar-refractivity contribution in [2.24, 2.45) is 5.92 Å². The van der Waals surface area contributed by atoms with Gasteiger partial charge in [0.15, 0.2) is 0 Å². The second kappa shape index (κ2) is 9.58. The van der Waals surface area contributed by atoms with Crippen molar-refractivity contribution >= 4 is 23.3 Å². The van der Waals surface area contributed by atoms with Crippen LogP contribution in [0, 0.1) is 5.92 Å². The third-order valence-electron chi connectivity index (χ3n) is 2.79. The summed E-state index contributed by atoms with van der Waals surface area (Å²) in [5.41, 5.74) is 0.234. The zero-order valence-electron chi connectivity index (χ0n) is 12.9. The van der Waals surface area contributed by atoms with Crippen LogP contribution in [0.5, 0.6) is 0 Å². The molecular weight excluding hydrogens is 290 g/mol. The number of hydrogen-bond donors (Lipinski definition) is 2. The molecule has 0 aliphatic heterocycles. The molecular formula is C15H24ClN3O2. The molecule has 1 aromatic rings. The van der Waals surface area contributed by atoms with Crippen molar-refractivity contribution < 1.29 is 9.53 Å². The average molecular weight is 314 g/mol. The molecule has 1 amide bonds. The Kier molecular flexibility index (Phi) is 8.08. The Labute approximate surface area is 131 Å². The van der Waals surface area contributed by atoms with Gasteiger partial charge in [-0.05, 0) is 31.4 Å². The maximum absolute atomic E-state index is 12.0. The van der Waals surface area contributed by atoms with Crippen LogP contribution in [0.1, 0.15) is 37.7 Å². The Hall–Kier alpha value is -1.33. The number of aromatic nitrogens is 1. The minimum atomic E-state index is -0.285. The van der Waals surface area contributed by atoms with Gasteiger partial charge in [0.1, 0.15) is 11.5 Å². The van der Waals surface area contributed by atoms with Gasteiger partial charge < -0.3 is 15.4 Å². The van der Waals surface area contributed by atoms with Crippen molar-refractivity contribution in [3.63, 3.8) is 0 Å². The van der Waals surface area contributed by atoms with Gasteiger partial charge in [-0.2, -0.15) is 0 Å². The predicted octanol–water partition coefficient (Wildman–Crippen LogP) is 2.96. The summed E-state index contributed by atoms with van der Waals surface area (Å²) in [4.78, 5) is 16.2. The van der Waals surface area contributed by atoms with E-state index >= 15 is 0 Å². The van der Waals surface area contributed by atoms with Crippen LogP contribution in [-0.4, -0.2) is 37.2 Å². The Morgan fingerprint density at radius 2 is 2.14 bits per heavy atom. The SMILES string of the molecule is CCNc1ccc(Cl)c(C(=O)NCCOCCC(C)C)n1. The van der Waals surface area contributed by atoms with E-state index in [2.05, 4.69) is 29.5 Å². The first-order valence-electron chi connectivity index (χ1n) is 7.31. The van der Waals surface area contributed by atoms with Gasteiger partial charge in [0.25, 0.3) is 5.91 Å². The highest BCUT2D eigenvalue weighted by Crippen LogP contribution is 2.16. The number of anilines is 1. The first-order chi connectivity index (χ1) is 10.0. The minimum absolute atomic E-state index is 0.234. The van der Waals surface area contributed by atoms with Gasteiger partial charge in [0.2, 0.25) is 0 Å². The molecule has 6 heteroatoms. The monoisotopic (exact) mass is 313 g/mol. The molecule has 0 radical (unpaired) electrons. The first kappa shape index (κ1) is 17.7. The van der Waals surface area contributed by atoms with Gasteiger partial charge in [0, 0.05) is 19.7 Å². The van der Waals surface area contributed by atoms with Crippen LogP contribution in [0.25, 0.3) is 0 Å². The molecule has 1 aromatic heterocycles. The average Bonchev–Trinajstić information content (AvgIpc) is 2.44. The maximum Gasteiger partial charge on any atom is 0.271 e. The summed E-state index contributed by atoms with van der Waals surface area (Å²) in [5, 5.41) is 6.15. The van der Waals surface area contributed by atoms with Crippen molar-refractivity contribution in [1.82, 2.24) is 10.3 Å². The Balaban J connectivity index is 2.39. The molecule has 0 saturated carbocycles. The molecule has 0 fully saturated rings. The minimum Gasteiger partial charge on any atom is -0.380 e. The van der Waals surface area contributed by atoms with Gasteiger partial charge >= 0.3 is 0 Å². The Morgan fingerprint density at radius 3 is 2.81 bits per heavy atom. The number of halogens is 1. The quantitative estimate of drug-likeness (QED) is 0.688. The fourth-order valence-corrected chi connectivity index (χ4v) is 1.81. The first-order valence-corrected chi connectivity index (χ1v) is 7.68. The van der Waals surface area contributed by atoms with Crippen molar-refractivity contribution in [2.45, 2.75) is 27.2 Å². The van der Waals surface area contributed by atoms with Crippen LogP contribution in [0.4, 0.5) is 5.82 Å². The standard InChI is InChI=1S/C15H24ClN3O2/c1-4-17-13-6-5-12(16)14(19-13)15(20)18-8-10-21-9-7-11(2)3/h5-6,11H,4,7-10H2,1-3H3,(H,17,19)(H,18,20). The summed E-state index contributed by atoms with van der Waals surface area (Å²) in [6, 6.07) is 3.41. The zero-order valence-corrected chi connectivity index (χ0v) is 13.7. The van der Waals surface area contributed by atoms with Crippen LogP contribution in [-0.2, 0) is 4.74 Å². The number of hydrogen-bond acceptors (Lipinski definition) is 4. The van der Waals surface area contributed by atoms with Crippen LogP contribution in [0.15, 0.2) is 12.1 Å². The third kappa shape index (κ3) is 6.78. The topological polar surface area (TPSA) is 63.2 Å². The number of nitrogens with zero attached hydrogens (tertiary/aromatic N) is 1. The van der Waals surface area contributed by atoms with Crippen molar-refractivity contribution in [3.05, 3.63) is 22.8 Å². The van der Waals surface area contributed by atoms with Crippen LogP contribution < -0.4 is 10.6 Å². The molecule has 0 bridgehead atoms. The number of carbonyl (C=O) groups is 1. The van der Waals surface area contributed by atoms with E-state index in [1.165, 1.54) is 0 Å². The molecule has 21 heavy (non-hydrogen) atoms. The van der Waals surface area contributed by atoms with Gasteiger partial charge in [-0.15, -0.1) is 0 Å². The van der Waals surface area contributed by atoms with E-state index in [4.69, 9.17) is 16.3 Å². The summed E-state index contributed by atoms with van der Waals surface area (Å²) in [7, 11) is 0. The van der Waals surface area contributed by atoms with Crippen molar-refractivity contribution in [2.75, 3.05) is 31.6 Å². The lowest BCUT2D eigenvalue weighted by atomic mass is 10.1. The molecule has 0 saturated heterocycles. The van der Waals surface area contributed by atoms with E-state index in [1.54, 1.807) is 12.1 Å². The smallest absolute Gasteiger partial charge is 0.271 e. The lowest BCUT2D eigenvalue weighted by Crippen LogP contribution is -2.28. The molecule has 0 aliphatic rings. The largest absolute Gasteiger partial charge is 0.380 e. The second-order valence-corrected chi connectivity index (χ2v) is 5.52. The summed E-state index contributed by atoms with van der Waals surface area (Å²) < 4.78 is 5.44. The third-order valence-corrected chi connectivity index (χ3v) is 3.10. The number of pyridine rings is 1. The zero-order chi connectivity index (χ0) is 15.7. The van der Waals surface area contributed by atoms with Gasteiger partial charge in [-0.1, -0.05) is 25.4 Å². The van der Waals surface area contributed by atoms with Crippen LogP contribution in [0.2, 0.25) is 5.02 Å². The number of ether oxygens (including phenoxy) is 1. The number of carbonyl (C=O) groups excluding carboxylic acids is 1. The van der Waals surface area contributed by atoms with Crippen molar-refractivity contribution in [1.29, 1.82) is 0 Å². The van der Waals surface area contributed by atoms with E-state index in [9.17, 15) is 4.79 Å². The van der Waals surface area contributed by atoms with E-state index in [0.29, 0.717) is 36.5 Å². The Morgan fingerprint density at radius 1 is 1.38 bits per heavy atom. The molecule has 0 atom stereocenters. The maximum atomic E-state index is 12.0. The molecule has 2 N–H and O–H groups in total. The van der Waals surface area contributed by atoms with Crippen LogP contribution in [0.3, 0.4) is 0 Å². The van der Waals surface area contributed by atoms with E-state index in [1.807, 2.05) is 6.92 Å². The van der Waals surface area contributed by atoms with Gasteiger partial charge in [-0.25, -0.2) is 4.98 Å². The highest BCUT2D eigenvalue weighted by Gasteiger charge is 2.12. The normalized spacial score (nSPS) is 10.7. The van der Waals surface area contributed by atoms with Crippen LogP contribution >= 0.6 is 11.6 Å². The highest BCUT2D eigenvalue weighted by molar-refractivity contribution is 6.33. The molecule has 5 nitrogen and oxygen atoms in total. The predicted molar refractivity (Wildman–Crippen MR) is 86.0 cm³/mol. The highest BCUT2D eigenvalue weighted by atomic mass is 35.5. The molecule has 1 heterocycles. The van der Waals surface area contributed by atoms with E-state index in [-0.39, 0.29) is 11.6 Å². The molecule has 0 aromatic carbocycles. The van der Waals surface area contributed by atoms with Gasteiger partial charge in [0.05, 0.1) is 11.6 Å². The summed E-state index contributed by atoms with van der Waals surface area (Å²) >= 11 is 6.01. The molecule has 0 aliphatic carbocycles. The molecule has 0 unspecified atom stereocenters. The number of rotatable bonds is 9. The number of nitrogens with one attached hydrogen (secondary N) is 2. The molecule has 0 spiro atoms. The summed E-state index contributed by atoms with van der Waals surface area (Å²) in [6.45, 7) is 8.64. The summed E-state index contributed by atoms with van der Waals surface area (Å²) in [5.74, 6) is 0.976. The lowest BCUT2D eigenvalue weighted by molar-refractivity contribution is 0.0901. The molecule has 118 valence electrons. The summed E-state index contributed by atoms with van der Waals surface area (Å²) in [6.07, 6.45) is 1.02. The Bertz CT molecular complexity index is 453. The fourth-order valence-electron chi connectivity index (χ4n) is 1.62. The van der Waals surface area contributed by atoms with E-state index < -0.39 is 0 Å². The van der Waals surface area contributed by atoms with Gasteiger partial charge in [-0.3, -0.25) is 4.79 Å². The molecule has 1 rings (SSSR count). The number of amides is 1. The lowest BCUT2D eigenvalue weighted by Gasteiger charge is -2.09. The second-order valence-electron chi connectivity index (χ2n) is 5.11. The van der Waals surface area contributed by atoms with E-state index in [0.717, 1.165) is 13.0 Å². The fraction of sp³-hybridized carbons (Fsp3) is 0.600.